The van der Waals surface area contributed by atoms with Crippen LogP contribution in [0.25, 0.3) is 0 Å². The first-order valence-electron chi connectivity index (χ1n) is 8.48. The fourth-order valence-corrected chi connectivity index (χ4v) is 3.28. The third kappa shape index (κ3) is 5.52. The highest BCUT2D eigenvalue weighted by Gasteiger charge is 2.15. The zero-order valence-corrected chi connectivity index (χ0v) is 17.3. The summed E-state index contributed by atoms with van der Waals surface area (Å²) in [5.41, 5.74) is 0.458. The van der Waals surface area contributed by atoms with Gasteiger partial charge in [-0.1, -0.05) is 41.6 Å². The highest BCUT2D eigenvalue weighted by molar-refractivity contribution is 8.00. The molecule has 150 valence electrons. The van der Waals surface area contributed by atoms with Gasteiger partial charge in [-0.2, -0.15) is 0 Å². The number of nitrogens with one attached hydrogen (secondary N) is 1. The molecule has 0 fully saturated rings. The summed E-state index contributed by atoms with van der Waals surface area (Å²) < 4.78 is 16.2. The van der Waals surface area contributed by atoms with Gasteiger partial charge < -0.3 is 19.5 Å². The summed E-state index contributed by atoms with van der Waals surface area (Å²) in [4.78, 5) is 20.9. The second kappa shape index (κ2) is 9.99. The molecule has 0 spiro atoms. The number of carbonyl (C=O) groups excluding carboxylic acids is 1. The first-order chi connectivity index (χ1) is 14.1. The van der Waals surface area contributed by atoms with E-state index < -0.39 is 0 Å². The lowest BCUT2D eigenvalue weighted by atomic mass is 10.2. The number of halogens is 1. The number of benzene rings is 2. The molecule has 1 amide bonds. The molecule has 0 radical (unpaired) electrons. The Morgan fingerprint density at radius 1 is 1.07 bits per heavy atom. The van der Waals surface area contributed by atoms with Gasteiger partial charge >= 0.3 is 0 Å². The van der Waals surface area contributed by atoms with E-state index in [-0.39, 0.29) is 11.7 Å². The molecule has 0 atom stereocenters. The molecule has 0 aliphatic heterocycles. The van der Waals surface area contributed by atoms with Crippen LogP contribution in [0.4, 0.5) is 5.69 Å². The number of carbonyl (C=O) groups is 1. The molecule has 1 N–H and O–H groups in total. The maximum Gasteiger partial charge on any atom is 0.252 e. The van der Waals surface area contributed by atoms with Gasteiger partial charge in [0, 0.05) is 24.5 Å². The van der Waals surface area contributed by atoms with E-state index in [2.05, 4.69) is 15.3 Å². The Kier molecular flexibility index (Phi) is 7.15. The molecule has 3 rings (SSSR count). The van der Waals surface area contributed by atoms with Crippen LogP contribution in [0.1, 0.15) is 0 Å². The van der Waals surface area contributed by atoms with E-state index in [1.807, 2.05) is 30.3 Å². The quantitative estimate of drug-likeness (QED) is 0.519. The van der Waals surface area contributed by atoms with Gasteiger partial charge in [0.25, 0.3) is 5.88 Å². The van der Waals surface area contributed by atoms with Crippen LogP contribution in [0.3, 0.4) is 0 Å². The van der Waals surface area contributed by atoms with Crippen molar-refractivity contribution in [3.05, 3.63) is 59.9 Å². The van der Waals surface area contributed by atoms with Crippen LogP contribution in [0.2, 0.25) is 5.02 Å². The summed E-state index contributed by atoms with van der Waals surface area (Å²) in [6.07, 6.45) is 3.08. The Morgan fingerprint density at radius 3 is 2.52 bits per heavy atom. The fourth-order valence-electron chi connectivity index (χ4n) is 2.36. The van der Waals surface area contributed by atoms with E-state index in [1.54, 1.807) is 18.3 Å². The third-order valence-corrected chi connectivity index (χ3v) is 4.93. The second-order valence-electron chi connectivity index (χ2n) is 5.61. The van der Waals surface area contributed by atoms with Crippen LogP contribution in [0.5, 0.6) is 23.1 Å². The van der Waals surface area contributed by atoms with E-state index >= 15 is 0 Å². The number of aromatic nitrogens is 2. The molecule has 0 unspecified atom stereocenters. The molecular weight excluding hydrogens is 414 g/mol. The van der Waals surface area contributed by atoms with Gasteiger partial charge in [-0.05, 0) is 12.1 Å². The zero-order valence-electron chi connectivity index (χ0n) is 15.7. The van der Waals surface area contributed by atoms with Crippen molar-refractivity contribution >= 4 is 35.0 Å². The predicted molar refractivity (Wildman–Crippen MR) is 112 cm³/mol. The van der Waals surface area contributed by atoms with E-state index in [0.717, 1.165) is 0 Å². The Morgan fingerprint density at radius 2 is 1.79 bits per heavy atom. The van der Waals surface area contributed by atoms with E-state index in [9.17, 15) is 4.79 Å². The number of anilines is 1. The molecule has 7 nitrogen and oxygen atoms in total. The second-order valence-corrected chi connectivity index (χ2v) is 6.98. The predicted octanol–water partition coefficient (Wildman–Crippen LogP) is 4.67. The number of thioether (sulfide) groups is 1. The number of hydrogen-bond donors (Lipinski definition) is 1. The van der Waals surface area contributed by atoms with Crippen molar-refractivity contribution in [1.29, 1.82) is 0 Å². The van der Waals surface area contributed by atoms with Crippen molar-refractivity contribution in [2.75, 3.05) is 25.3 Å². The normalized spacial score (nSPS) is 10.3. The summed E-state index contributed by atoms with van der Waals surface area (Å²) in [7, 11) is 2.99. The monoisotopic (exact) mass is 431 g/mol. The summed E-state index contributed by atoms with van der Waals surface area (Å²) in [6.45, 7) is 0. The average molecular weight is 432 g/mol. The van der Waals surface area contributed by atoms with Crippen molar-refractivity contribution < 1.29 is 19.0 Å². The molecule has 0 aliphatic rings. The zero-order chi connectivity index (χ0) is 20.6. The van der Waals surface area contributed by atoms with Crippen molar-refractivity contribution in [2.24, 2.45) is 0 Å². The highest BCUT2D eigenvalue weighted by Crippen LogP contribution is 2.36. The number of para-hydroxylation sites is 1. The molecule has 0 saturated heterocycles. The molecule has 0 aliphatic carbocycles. The third-order valence-electron chi connectivity index (χ3n) is 3.68. The van der Waals surface area contributed by atoms with Crippen LogP contribution in [-0.4, -0.2) is 35.8 Å². The summed E-state index contributed by atoms with van der Waals surface area (Å²) in [6, 6.07) is 12.4. The summed E-state index contributed by atoms with van der Waals surface area (Å²) >= 11 is 7.30. The summed E-state index contributed by atoms with van der Waals surface area (Å²) in [5, 5.41) is 3.68. The SMILES string of the molecule is COc1cc(NC(=O)CSc2nccnc2Oc2ccccc2)c(OC)cc1Cl. The number of amides is 1. The molecule has 0 bridgehead atoms. The molecule has 1 heterocycles. The smallest absolute Gasteiger partial charge is 0.252 e. The molecule has 0 saturated carbocycles. The number of ether oxygens (including phenoxy) is 3. The maximum absolute atomic E-state index is 12.5. The van der Waals surface area contributed by atoms with Gasteiger partial charge in [0.2, 0.25) is 5.91 Å². The van der Waals surface area contributed by atoms with Gasteiger partial charge in [0.1, 0.15) is 17.2 Å². The number of rotatable bonds is 8. The molecule has 3 aromatic rings. The number of methoxy groups -OCH3 is 2. The first kappa shape index (κ1) is 20.8. The Labute approximate surface area is 177 Å². The lowest BCUT2D eigenvalue weighted by Gasteiger charge is -2.13. The van der Waals surface area contributed by atoms with Gasteiger partial charge in [0.15, 0.2) is 5.03 Å². The van der Waals surface area contributed by atoms with Gasteiger partial charge in [-0.3, -0.25) is 4.79 Å². The van der Waals surface area contributed by atoms with Crippen LogP contribution >= 0.6 is 23.4 Å². The molecule has 9 heteroatoms. The Bertz CT molecular complexity index is 989. The van der Waals surface area contributed by atoms with E-state index in [0.29, 0.717) is 38.9 Å². The minimum absolute atomic E-state index is 0.0952. The molecule has 1 aromatic heterocycles. The van der Waals surface area contributed by atoms with Crippen LogP contribution in [-0.2, 0) is 4.79 Å². The van der Waals surface area contributed by atoms with Crippen LogP contribution in [0.15, 0.2) is 59.9 Å². The molecule has 29 heavy (non-hydrogen) atoms. The lowest BCUT2D eigenvalue weighted by molar-refractivity contribution is -0.113. The standard InChI is InChI=1S/C20H18ClN3O4S/c1-26-16-11-15(17(27-2)10-14(16)21)24-18(25)12-29-20-19(22-8-9-23-20)28-13-6-4-3-5-7-13/h3-11H,12H2,1-2H3,(H,24,25). The minimum Gasteiger partial charge on any atom is -0.495 e. The average Bonchev–Trinajstić information content (AvgIpc) is 2.74. The number of hydrogen-bond acceptors (Lipinski definition) is 7. The van der Waals surface area contributed by atoms with Crippen molar-refractivity contribution in [3.63, 3.8) is 0 Å². The van der Waals surface area contributed by atoms with E-state index in [4.69, 9.17) is 25.8 Å². The molecular formula is C20H18ClN3O4S. The Hall–Kier alpha value is -2.97. The highest BCUT2D eigenvalue weighted by atomic mass is 35.5. The van der Waals surface area contributed by atoms with Crippen LogP contribution in [0, 0.1) is 0 Å². The topological polar surface area (TPSA) is 82.6 Å². The largest absolute Gasteiger partial charge is 0.495 e. The fraction of sp³-hybridized carbons (Fsp3) is 0.150. The Balaban J connectivity index is 1.67. The van der Waals surface area contributed by atoms with Crippen LogP contribution < -0.4 is 19.5 Å². The van der Waals surface area contributed by atoms with E-state index in [1.165, 1.54) is 32.2 Å². The van der Waals surface area contributed by atoms with Crippen molar-refractivity contribution in [2.45, 2.75) is 5.03 Å². The maximum atomic E-state index is 12.5. The lowest BCUT2D eigenvalue weighted by Crippen LogP contribution is -2.15. The minimum atomic E-state index is -0.256. The first-order valence-corrected chi connectivity index (χ1v) is 9.85. The number of nitrogens with zero attached hydrogens (tertiary/aromatic N) is 2. The molecule has 2 aromatic carbocycles. The van der Waals surface area contributed by atoms with Gasteiger partial charge in [-0.15, -0.1) is 0 Å². The van der Waals surface area contributed by atoms with Gasteiger partial charge in [-0.25, -0.2) is 9.97 Å². The van der Waals surface area contributed by atoms with Crippen molar-refractivity contribution in [1.82, 2.24) is 9.97 Å². The summed E-state index contributed by atoms with van der Waals surface area (Å²) in [5.74, 6) is 1.68. The van der Waals surface area contributed by atoms with Gasteiger partial charge in [0.05, 0.1) is 30.7 Å². The van der Waals surface area contributed by atoms with Crippen molar-refractivity contribution in [3.8, 4) is 23.1 Å².